The Bertz CT molecular complexity index is 567. The molecule has 1 rings (SSSR count). The second-order valence-electron chi connectivity index (χ2n) is 6.69. The molecule has 1 saturated heterocycles. The molecule has 28 heavy (non-hydrogen) atoms. The number of likely N-dealkylation sites (N-methyl/N-ethyl adjacent to an activating group) is 1. The summed E-state index contributed by atoms with van der Waals surface area (Å²) in [6.45, 7) is 6.88. The van der Waals surface area contributed by atoms with E-state index in [9.17, 15) is 21.6 Å². The number of alkyl halides is 3. The van der Waals surface area contributed by atoms with E-state index in [1.54, 1.807) is 0 Å². The summed E-state index contributed by atoms with van der Waals surface area (Å²) >= 11 is 0. The minimum Gasteiger partial charge on any atom is -0.357 e. The average Bonchev–Trinajstić information content (AvgIpc) is 2.59. The van der Waals surface area contributed by atoms with Crippen LogP contribution in [0, 0.1) is 0 Å². The molecule has 0 aromatic rings. The lowest BCUT2D eigenvalue weighted by Crippen LogP contribution is -2.51. The Hall–Kier alpha value is -0.340. The van der Waals surface area contributed by atoms with Crippen LogP contribution >= 0.6 is 24.0 Å². The standard InChI is InChI=1S/C16H32F3N5O2S.HI/c1-4-6-10-23(3)13-9-21-15(20-5-2)22-14-7-11-24(12-8-14)27(25,26)16(17,18)19;/h14H,4-13H2,1-3H3,(H2,20,21,22);1H. The van der Waals surface area contributed by atoms with Gasteiger partial charge in [0.15, 0.2) is 5.96 Å². The monoisotopic (exact) mass is 543 g/mol. The number of rotatable bonds is 9. The number of aliphatic imine (C=N–C) groups is 1. The van der Waals surface area contributed by atoms with Crippen molar-refractivity contribution >= 4 is 40.0 Å². The molecule has 0 aromatic heterocycles. The van der Waals surface area contributed by atoms with E-state index in [1.165, 1.54) is 0 Å². The number of halogens is 4. The van der Waals surface area contributed by atoms with E-state index in [0.717, 1.165) is 25.9 Å². The molecule has 12 heteroatoms. The van der Waals surface area contributed by atoms with Gasteiger partial charge >= 0.3 is 15.5 Å². The van der Waals surface area contributed by atoms with Crippen LogP contribution in [0.5, 0.6) is 0 Å². The van der Waals surface area contributed by atoms with Crippen LogP contribution in [0.2, 0.25) is 0 Å². The molecule has 0 aromatic carbocycles. The smallest absolute Gasteiger partial charge is 0.357 e. The topological polar surface area (TPSA) is 77.0 Å². The first kappa shape index (κ1) is 27.7. The lowest BCUT2D eigenvalue weighted by molar-refractivity contribution is -0.0494. The zero-order chi connectivity index (χ0) is 20.5. The lowest BCUT2D eigenvalue weighted by Gasteiger charge is -2.32. The van der Waals surface area contributed by atoms with E-state index in [1.807, 2.05) is 14.0 Å². The van der Waals surface area contributed by atoms with Crippen molar-refractivity contribution in [2.45, 2.75) is 51.1 Å². The number of piperidine rings is 1. The van der Waals surface area contributed by atoms with Gasteiger partial charge in [-0.2, -0.15) is 17.5 Å². The van der Waals surface area contributed by atoms with Gasteiger partial charge in [-0.25, -0.2) is 8.42 Å². The number of sulfonamides is 1. The van der Waals surface area contributed by atoms with Crippen LogP contribution in [0.15, 0.2) is 4.99 Å². The van der Waals surface area contributed by atoms with Crippen molar-refractivity contribution in [2.24, 2.45) is 4.99 Å². The molecule has 1 aliphatic rings. The van der Waals surface area contributed by atoms with Crippen molar-refractivity contribution in [2.75, 3.05) is 46.3 Å². The van der Waals surface area contributed by atoms with Gasteiger partial charge in [-0.1, -0.05) is 13.3 Å². The molecule has 0 aliphatic carbocycles. The molecule has 0 radical (unpaired) electrons. The number of hydrogen-bond donors (Lipinski definition) is 2. The summed E-state index contributed by atoms with van der Waals surface area (Å²) in [6, 6.07) is -0.111. The molecule has 7 nitrogen and oxygen atoms in total. The van der Waals surface area contributed by atoms with Crippen LogP contribution in [0.1, 0.15) is 39.5 Å². The van der Waals surface area contributed by atoms with Crippen LogP contribution in [0.3, 0.4) is 0 Å². The van der Waals surface area contributed by atoms with Gasteiger partial charge < -0.3 is 15.5 Å². The first-order valence-corrected chi connectivity index (χ1v) is 10.9. The van der Waals surface area contributed by atoms with Gasteiger partial charge in [0.05, 0.1) is 6.54 Å². The van der Waals surface area contributed by atoms with E-state index in [-0.39, 0.29) is 43.1 Å². The molecule has 0 atom stereocenters. The Labute approximate surface area is 183 Å². The zero-order valence-electron chi connectivity index (χ0n) is 16.8. The van der Waals surface area contributed by atoms with Crippen molar-refractivity contribution < 1.29 is 21.6 Å². The van der Waals surface area contributed by atoms with E-state index in [2.05, 4.69) is 27.4 Å². The molecule has 0 unspecified atom stereocenters. The molecule has 168 valence electrons. The van der Waals surface area contributed by atoms with Crippen LogP contribution in [-0.2, 0) is 10.0 Å². The van der Waals surface area contributed by atoms with Gasteiger partial charge in [-0.3, -0.25) is 4.99 Å². The molecule has 0 saturated carbocycles. The van der Waals surface area contributed by atoms with E-state index in [4.69, 9.17) is 0 Å². The Morgan fingerprint density at radius 3 is 2.32 bits per heavy atom. The largest absolute Gasteiger partial charge is 0.511 e. The SMILES string of the molecule is CCCCN(C)CCN=C(NCC)NC1CCN(S(=O)(=O)C(F)(F)F)CC1.I. The fourth-order valence-electron chi connectivity index (χ4n) is 2.77. The molecule has 1 heterocycles. The maximum Gasteiger partial charge on any atom is 0.511 e. The average molecular weight is 543 g/mol. The Balaban J connectivity index is 0.00000729. The third-order valence-electron chi connectivity index (χ3n) is 4.42. The fourth-order valence-corrected chi connectivity index (χ4v) is 3.76. The van der Waals surface area contributed by atoms with Crippen molar-refractivity contribution in [3.8, 4) is 0 Å². The highest BCUT2D eigenvalue weighted by Gasteiger charge is 2.50. The molecule has 1 fully saturated rings. The first-order chi connectivity index (χ1) is 12.6. The summed E-state index contributed by atoms with van der Waals surface area (Å²) in [7, 11) is -3.19. The van der Waals surface area contributed by atoms with Crippen molar-refractivity contribution in [1.29, 1.82) is 0 Å². The van der Waals surface area contributed by atoms with Gasteiger partial charge in [-0.15, -0.1) is 24.0 Å². The van der Waals surface area contributed by atoms with Gasteiger partial charge in [0.2, 0.25) is 0 Å². The second-order valence-corrected chi connectivity index (χ2v) is 8.62. The van der Waals surface area contributed by atoms with Crippen LogP contribution < -0.4 is 10.6 Å². The molecule has 0 spiro atoms. The minimum absolute atomic E-state index is 0. The Morgan fingerprint density at radius 2 is 1.82 bits per heavy atom. The molecular formula is C16H33F3IN5O2S. The zero-order valence-corrected chi connectivity index (χ0v) is 19.9. The summed E-state index contributed by atoms with van der Waals surface area (Å²) < 4.78 is 61.3. The number of nitrogens with one attached hydrogen (secondary N) is 2. The van der Waals surface area contributed by atoms with E-state index >= 15 is 0 Å². The Morgan fingerprint density at radius 1 is 1.21 bits per heavy atom. The Kier molecular flexibility index (Phi) is 12.9. The van der Waals surface area contributed by atoms with E-state index in [0.29, 0.717) is 36.2 Å². The summed E-state index contributed by atoms with van der Waals surface area (Å²) in [5.41, 5.74) is -5.24. The first-order valence-electron chi connectivity index (χ1n) is 9.41. The number of unbranched alkanes of at least 4 members (excludes halogenated alkanes) is 1. The lowest BCUT2D eigenvalue weighted by atomic mass is 10.1. The van der Waals surface area contributed by atoms with Crippen molar-refractivity contribution in [3.63, 3.8) is 0 Å². The summed E-state index contributed by atoms with van der Waals surface area (Å²) in [5.74, 6) is 0.610. The summed E-state index contributed by atoms with van der Waals surface area (Å²) in [4.78, 5) is 6.71. The summed E-state index contributed by atoms with van der Waals surface area (Å²) in [6.07, 6.45) is 2.88. The van der Waals surface area contributed by atoms with Gasteiger partial charge in [0, 0.05) is 32.2 Å². The minimum atomic E-state index is -5.24. The third-order valence-corrected chi connectivity index (χ3v) is 6.05. The molecule has 1 aliphatic heterocycles. The maximum absolute atomic E-state index is 12.6. The predicted octanol–water partition coefficient (Wildman–Crippen LogP) is 2.21. The highest BCUT2D eigenvalue weighted by atomic mass is 127. The fraction of sp³-hybridized carbons (Fsp3) is 0.938. The quantitative estimate of drug-likeness (QED) is 0.265. The van der Waals surface area contributed by atoms with Crippen LogP contribution in [0.25, 0.3) is 0 Å². The number of hydrogen-bond acceptors (Lipinski definition) is 4. The van der Waals surface area contributed by atoms with Crippen LogP contribution in [-0.4, -0.2) is 81.4 Å². The number of nitrogens with zero attached hydrogens (tertiary/aromatic N) is 3. The maximum atomic E-state index is 12.6. The van der Waals surface area contributed by atoms with Crippen molar-refractivity contribution in [3.05, 3.63) is 0 Å². The summed E-state index contributed by atoms with van der Waals surface area (Å²) in [5, 5.41) is 6.32. The second kappa shape index (κ2) is 13.1. The highest BCUT2D eigenvalue weighted by molar-refractivity contribution is 14.0. The normalized spacial score (nSPS) is 17.5. The molecular weight excluding hydrogens is 510 g/mol. The molecule has 0 amide bonds. The van der Waals surface area contributed by atoms with Gasteiger partial charge in [-0.05, 0) is 39.8 Å². The third kappa shape index (κ3) is 8.99. The molecule has 0 bridgehead atoms. The number of guanidine groups is 1. The predicted molar refractivity (Wildman–Crippen MR) is 117 cm³/mol. The van der Waals surface area contributed by atoms with Gasteiger partial charge in [0.1, 0.15) is 0 Å². The van der Waals surface area contributed by atoms with Crippen LogP contribution in [0.4, 0.5) is 13.2 Å². The van der Waals surface area contributed by atoms with Crippen molar-refractivity contribution in [1.82, 2.24) is 19.8 Å². The highest BCUT2D eigenvalue weighted by Crippen LogP contribution is 2.28. The van der Waals surface area contributed by atoms with Gasteiger partial charge in [0.25, 0.3) is 0 Å². The molecule has 2 N–H and O–H groups in total. The van der Waals surface area contributed by atoms with E-state index < -0.39 is 15.5 Å².